The van der Waals surface area contributed by atoms with Crippen LogP contribution in [0, 0.1) is 0 Å². The van der Waals surface area contributed by atoms with Gasteiger partial charge in [0.05, 0.1) is 25.4 Å². The van der Waals surface area contributed by atoms with E-state index >= 15 is 0 Å². The molecule has 0 radical (unpaired) electrons. The van der Waals surface area contributed by atoms with Crippen molar-refractivity contribution in [1.29, 1.82) is 0 Å². The highest BCUT2D eigenvalue weighted by atomic mass is 16.7. The highest BCUT2D eigenvalue weighted by Crippen LogP contribution is 2.23. The molecule has 9 heteroatoms. The second-order valence-corrected chi connectivity index (χ2v) is 21.9. The Bertz CT molecular complexity index is 1110. The highest BCUT2D eigenvalue weighted by molar-refractivity contribution is 5.76. The molecule has 6 N–H and O–H groups in total. The summed E-state index contributed by atoms with van der Waals surface area (Å²) in [7, 11) is 0. The topological polar surface area (TPSA) is 149 Å². The molecular weight excluding hydrogens is 875 g/mol. The van der Waals surface area contributed by atoms with Crippen LogP contribution in [0.25, 0.3) is 0 Å². The van der Waals surface area contributed by atoms with Gasteiger partial charge < -0.3 is 40.3 Å². The molecule has 1 heterocycles. The number of carbonyl (C=O) groups is 1. The molecule has 0 spiro atoms. The van der Waals surface area contributed by atoms with Crippen molar-refractivity contribution in [3.63, 3.8) is 0 Å². The maximum Gasteiger partial charge on any atom is 0.220 e. The number of aliphatic hydroxyl groups excluding tert-OH is 5. The zero-order valence-electron chi connectivity index (χ0n) is 46.3. The van der Waals surface area contributed by atoms with Crippen LogP contribution >= 0.6 is 0 Å². The molecule has 1 fully saturated rings. The molecule has 1 saturated heterocycles. The fraction of sp³-hybridized carbons (Fsp3) is 0.951. The van der Waals surface area contributed by atoms with Crippen molar-refractivity contribution >= 4 is 5.91 Å². The third-order valence-electron chi connectivity index (χ3n) is 15.1. The number of aliphatic hydroxyl groups is 5. The van der Waals surface area contributed by atoms with Gasteiger partial charge in [0, 0.05) is 6.42 Å². The Hall–Kier alpha value is -1.07. The Balaban J connectivity index is 1.97. The van der Waals surface area contributed by atoms with Gasteiger partial charge in [-0.2, -0.15) is 0 Å². The summed E-state index contributed by atoms with van der Waals surface area (Å²) in [6, 6.07) is -0.798. The quantitative estimate of drug-likeness (QED) is 0.0261. The Morgan fingerprint density at radius 3 is 1.11 bits per heavy atom. The molecule has 1 rings (SSSR count). The molecule has 1 amide bonds. The summed E-state index contributed by atoms with van der Waals surface area (Å²) in [5, 5.41) is 54.2. The van der Waals surface area contributed by atoms with Crippen LogP contribution in [-0.2, 0) is 14.3 Å². The van der Waals surface area contributed by atoms with Crippen molar-refractivity contribution in [2.24, 2.45) is 0 Å². The average molecular weight is 995 g/mol. The van der Waals surface area contributed by atoms with E-state index in [0.29, 0.717) is 6.42 Å². The fourth-order valence-electron chi connectivity index (χ4n) is 10.2. The van der Waals surface area contributed by atoms with E-state index in [1.54, 1.807) is 6.08 Å². The summed E-state index contributed by atoms with van der Waals surface area (Å²) in [5.74, 6) is -0.173. The molecule has 0 aromatic rings. The largest absolute Gasteiger partial charge is 0.394 e. The van der Waals surface area contributed by atoms with Gasteiger partial charge in [0.2, 0.25) is 5.91 Å². The van der Waals surface area contributed by atoms with E-state index < -0.39 is 49.5 Å². The van der Waals surface area contributed by atoms with Crippen LogP contribution in [0.5, 0.6) is 0 Å². The average Bonchev–Trinajstić information content (AvgIpc) is 3.36. The number of nitrogens with one attached hydrogen (secondary N) is 1. The number of allylic oxidation sites excluding steroid dienone is 1. The molecule has 0 aliphatic carbocycles. The third-order valence-corrected chi connectivity index (χ3v) is 15.1. The molecule has 0 bridgehead atoms. The van der Waals surface area contributed by atoms with Crippen molar-refractivity contribution in [1.82, 2.24) is 5.32 Å². The van der Waals surface area contributed by atoms with Crippen LogP contribution < -0.4 is 5.32 Å². The van der Waals surface area contributed by atoms with Gasteiger partial charge in [-0.25, -0.2) is 0 Å². The second-order valence-electron chi connectivity index (χ2n) is 21.9. The van der Waals surface area contributed by atoms with Crippen molar-refractivity contribution in [3.8, 4) is 0 Å². The summed E-state index contributed by atoms with van der Waals surface area (Å²) in [4.78, 5) is 13.0. The van der Waals surface area contributed by atoms with Gasteiger partial charge in [0.15, 0.2) is 6.29 Å². The normalized spacial score (nSPS) is 19.3. The van der Waals surface area contributed by atoms with Crippen molar-refractivity contribution in [3.05, 3.63) is 12.2 Å². The Labute approximate surface area is 433 Å². The monoisotopic (exact) mass is 994 g/mol. The van der Waals surface area contributed by atoms with Crippen molar-refractivity contribution < 1.29 is 39.8 Å². The van der Waals surface area contributed by atoms with Gasteiger partial charge in [0.25, 0.3) is 0 Å². The highest BCUT2D eigenvalue weighted by Gasteiger charge is 2.44. The number of carbonyl (C=O) groups excluding carboxylic acids is 1. The summed E-state index contributed by atoms with van der Waals surface area (Å²) < 4.78 is 11.2. The van der Waals surface area contributed by atoms with Crippen molar-refractivity contribution in [2.45, 2.75) is 358 Å². The summed E-state index contributed by atoms with van der Waals surface area (Å²) in [6.07, 6.45) is 57.8. The first-order valence-electron chi connectivity index (χ1n) is 30.9. The lowest BCUT2D eigenvalue weighted by molar-refractivity contribution is -0.302. The first-order chi connectivity index (χ1) is 34.3. The second kappa shape index (κ2) is 51.4. The van der Waals surface area contributed by atoms with Gasteiger partial charge >= 0.3 is 0 Å². The minimum absolute atomic E-state index is 0.173. The number of hydrogen-bond acceptors (Lipinski definition) is 8. The van der Waals surface area contributed by atoms with Crippen molar-refractivity contribution in [2.75, 3.05) is 13.2 Å². The molecule has 0 aromatic carbocycles. The van der Waals surface area contributed by atoms with Crippen LogP contribution in [0.15, 0.2) is 12.2 Å². The maximum atomic E-state index is 13.0. The van der Waals surface area contributed by atoms with Gasteiger partial charge in [-0.1, -0.05) is 302 Å². The van der Waals surface area contributed by atoms with E-state index in [-0.39, 0.29) is 12.5 Å². The summed E-state index contributed by atoms with van der Waals surface area (Å²) in [5.41, 5.74) is 0. The number of amides is 1. The molecule has 9 nitrogen and oxygen atoms in total. The van der Waals surface area contributed by atoms with E-state index in [1.807, 2.05) is 6.08 Å². The first kappa shape index (κ1) is 66.9. The predicted molar refractivity (Wildman–Crippen MR) is 295 cm³/mol. The number of ether oxygens (including phenoxy) is 2. The minimum Gasteiger partial charge on any atom is -0.394 e. The van der Waals surface area contributed by atoms with Crippen LogP contribution in [0.3, 0.4) is 0 Å². The zero-order valence-corrected chi connectivity index (χ0v) is 46.3. The molecule has 70 heavy (non-hydrogen) atoms. The molecule has 416 valence electrons. The maximum absolute atomic E-state index is 13.0. The van der Waals surface area contributed by atoms with Crippen LogP contribution in [-0.4, -0.2) is 87.5 Å². The molecular formula is C61H119NO8. The SMILES string of the molecule is CCCCCCCCC/C=C/C(O)C(COC1OC(CO)C(O)C(O)C1O)NC(=O)CCCCCCCCCCCCCCCCCCCCCCCCCCCCCCCCCCCCCCCC. The lowest BCUT2D eigenvalue weighted by Gasteiger charge is -2.40. The lowest BCUT2D eigenvalue weighted by Crippen LogP contribution is -2.60. The first-order valence-corrected chi connectivity index (χ1v) is 30.9. The molecule has 0 aromatic heterocycles. The Morgan fingerprint density at radius 1 is 0.471 bits per heavy atom. The Kier molecular flexibility index (Phi) is 49.2. The number of unbranched alkanes of at least 4 members (excludes halogenated alkanes) is 44. The zero-order chi connectivity index (χ0) is 50.8. The number of rotatable bonds is 54. The standard InChI is InChI=1S/C61H119NO8/c1-3-5-7-9-11-13-14-15-16-17-18-19-20-21-22-23-24-25-26-27-28-29-30-31-32-33-34-35-36-37-38-39-40-41-43-45-47-49-51-57(65)62-54(55(64)50-48-46-44-42-12-10-8-6-4-2)53-69-61-60(68)59(67)58(66)56(52-63)70-61/h48,50,54-56,58-61,63-64,66-68H,3-47,49,51-53H2,1-2H3,(H,62,65)/b50-48+. The van der Waals surface area contributed by atoms with Crippen LogP contribution in [0.2, 0.25) is 0 Å². The minimum atomic E-state index is -1.56. The third kappa shape index (κ3) is 40.3. The fourth-order valence-corrected chi connectivity index (χ4v) is 10.2. The van der Waals surface area contributed by atoms with E-state index in [4.69, 9.17) is 9.47 Å². The smallest absolute Gasteiger partial charge is 0.220 e. The van der Waals surface area contributed by atoms with E-state index in [0.717, 1.165) is 38.5 Å². The van der Waals surface area contributed by atoms with Gasteiger partial charge in [-0.05, 0) is 19.3 Å². The lowest BCUT2D eigenvalue weighted by atomic mass is 9.99. The Morgan fingerprint density at radius 2 is 0.786 bits per heavy atom. The van der Waals surface area contributed by atoms with E-state index in [1.165, 1.54) is 257 Å². The van der Waals surface area contributed by atoms with Crippen LogP contribution in [0.1, 0.15) is 316 Å². The van der Waals surface area contributed by atoms with Gasteiger partial charge in [0.1, 0.15) is 24.4 Å². The molecule has 7 unspecified atom stereocenters. The molecule has 0 saturated carbocycles. The predicted octanol–water partition coefficient (Wildman–Crippen LogP) is 15.6. The number of hydrogen-bond donors (Lipinski definition) is 6. The molecule has 7 atom stereocenters. The van der Waals surface area contributed by atoms with E-state index in [9.17, 15) is 30.3 Å². The van der Waals surface area contributed by atoms with Gasteiger partial charge in [-0.15, -0.1) is 0 Å². The summed E-state index contributed by atoms with van der Waals surface area (Å²) >= 11 is 0. The molecule has 1 aliphatic rings. The van der Waals surface area contributed by atoms with Crippen LogP contribution in [0.4, 0.5) is 0 Å². The molecule has 1 aliphatic heterocycles. The van der Waals surface area contributed by atoms with E-state index in [2.05, 4.69) is 19.2 Å². The van der Waals surface area contributed by atoms with Gasteiger partial charge in [-0.3, -0.25) is 4.79 Å². The summed E-state index contributed by atoms with van der Waals surface area (Å²) in [6.45, 7) is 3.77.